The van der Waals surface area contributed by atoms with Crippen molar-refractivity contribution < 1.29 is 28.2 Å². The maximum absolute atomic E-state index is 15.0. The number of benzene rings is 3. The first-order chi connectivity index (χ1) is 16.3. The Labute approximate surface area is 207 Å². The van der Waals surface area contributed by atoms with Crippen LogP contribution in [0.4, 0.5) is 25.2 Å². The summed E-state index contributed by atoms with van der Waals surface area (Å²) in [5.41, 5.74) is -1.18. The van der Waals surface area contributed by atoms with Gasteiger partial charge in [0.1, 0.15) is 10.8 Å². The van der Waals surface area contributed by atoms with Crippen LogP contribution < -0.4 is 10.2 Å². The van der Waals surface area contributed by atoms with Crippen molar-refractivity contribution in [2.75, 3.05) is 17.3 Å². The van der Waals surface area contributed by atoms with E-state index in [-0.39, 0.29) is 35.0 Å². The van der Waals surface area contributed by atoms with Crippen LogP contribution in [0.1, 0.15) is 21.5 Å². The number of carbonyl (C=O) groups is 2. The summed E-state index contributed by atoms with van der Waals surface area (Å²) in [5.74, 6) is -2.78. The van der Waals surface area contributed by atoms with Gasteiger partial charge in [-0.1, -0.05) is 35.9 Å². The Bertz CT molecular complexity index is 1500. The van der Waals surface area contributed by atoms with E-state index >= 15 is 4.39 Å². The van der Waals surface area contributed by atoms with Gasteiger partial charge in [0, 0.05) is 16.7 Å². The molecule has 0 saturated heterocycles. The lowest BCUT2D eigenvalue weighted by molar-refractivity contribution is 0.0699. The van der Waals surface area contributed by atoms with Crippen LogP contribution >= 0.6 is 24.0 Å². The lowest BCUT2D eigenvalue weighted by atomic mass is 9.93. The number of amides is 2. The van der Waals surface area contributed by atoms with Gasteiger partial charge in [0.2, 0.25) is 5.95 Å². The molecular formula is C23H16Cl2F2N4O4. The van der Waals surface area contributed by atoms with Crippen LogP contribution in [0.15, 0.2) is 54.6 Å². The molecule has 0 bridgehead atoms. The fraction of sp³-hybridized carbons (Fsp3) is 0.0870. The highest BCUT2D eigenvalue weighted by Crippen LogP contribution is 2.46. The second-order valence-electron chi connectivity index (χ2n) is 7.49. The molecule has 0 spiro atoms. The fourth-order valence-electron chi connectivity index (χ4n) is 4.05. The molecule has 1 aliphatic rings. The third-order valence-corrected chi connectivity index (χ3v) is 5.95. The van der Waals surface area contributed by atoms with Crippen LogP contribution in [-0.2, 0) is 10.5 Å². The highest BCUT2D eigenvalue weighted by Gasteiger charge is 2.51. The van der Waals surface area contributed by atoms with Gasteiger partial charge in [0.25, 0.3) is 5.91 Å². The molecule has 1 atom stereocenters. The number of nitrogens with one attached hydrogen (secondary N) is 2. The zero-order valence-electron chi connectivity index (χ0n) is 17.8. The molecular weight excluding hydrogens is 505 g/mol. The normalized spacial score (nSPS) is 16.7. The van der Waals surface area contributed by atoms with Gasteiger partial charge < -0.3 is 14.8 Å². The van der Waals surface area contributed by atoms with Crippen LogP contribution in [0.3, 0.4) is 0 Å². The molecule has 0 radical (unpaired) electrons. The number of aromatic amines is 1. The number of aromatic nitrogens is 2. The van der Waals surface area contributed by atoms with E-state index in [1.54, 1.807) is 18.2 Å². The minimum absolute atomic E-state index is 0. The number of nitrogens with zero attached hydrogens (tertiary/aromatic N) is 2. The van der Waals surface area contributed by atoms with E-state index in [0.29, 0.717) is 11.0 Å². The molecule has 1 aromatic heterocycles. The number of rotatable bonds is 3. The molecule has 5 rings (SSSR count). The van der Waals surface area contributed by atoms with Crippen LogP contribution in [0.25, 0.3) is 11.0 Å². The van der Waals surface area contributed by atoms with Crippen LogP contribution in [0.5, 0.6) is 0 Å². The van der Waals surface area contributed by atoms with E-state index in [0.717, 1.165) is 17.0 Å². The van der Waals surface area contributed by atoms with Crippen molar-refractivity contribution in [3.8, 4) is 0 Å². The molecule has 1 unspecified atom stereocenters. The molecule has 3 aromatic carbocycles. The molecule has 2 heterocycles. The summed E-state index contributed by atoms with van der Waals surface area (Å²) >= 11 is 5.77. The van der Waals surface area contributed by atoms with Gasteiger partial charge in [-0.15, -0.1) is 12.4 Å². The van der Waals surface area contributed by atoms with Crippen molar-refractivity contribution >= 4 is 58.7 Å². The predicted molar refractivity (Wildman–Crippen MR) is 127 cm³/mol. The van der Waals surface area contributed by atoms with Gasteiger partial charge in [-0.25, -0.2) is 18.6 Å². The predicted octanol–water partition coefficient (Wildman–Crippen LogP) is 4.95. The zero-order valence-corrected chi connectivity index (χ0v) is 19.4. The van der Waals surface area contributed by atoms with E-state index in [9.17, 15) is 19.1 Å². The highest BCUT2D eigenvalue weighted by atomic mass is 35.5. The van der Waals surface area contributed by atoms with Gasteiger partial charge in [0.05, 0.1) is 23.8 Å². The average molecular weight is 521 g/mol. The topological polar surface area (TPSA) is 108 Å². The van der Waals surface area contributed by atoms with E-state index < -0.39 is 40.1 Å². The second kappa shape index (κ2) is 8.81. The van der Waals surface area contributed by atoms with Crippen molar-refractivity contribution in [1.82, 2.24) is 9.97 Å². The second-order valence-corrected chi connectivity index (χ2v) is 7.86. The lowest BCUT2D eigenvalue weighted by Gasteiger charge is -2.35. The number of ether oxygens (including phenoxy) is 1. The van der Waals surface area contributed by atoms with Crippen LogP contribution in [0.2, 0.25) is 5.02 Å². The maximum Gasteiger partial charge on any atom is 0.413 e. The van der Waals surface area contributed by atoms with Gasteiger partial charge in [-0.2, -0.15) is 0 Å². The molecule has 2 amide bonds. The number of hydrogen-bond donors (Lipinski definition) is 3. The average Bonchev–Trinajstić information content (AvgIpc) is 3.34. The van der Waals surface area contributed by atoms with Crippen molar-refractivity contribution in [3.05, 3.63) is 87.9 Å². The smallest absolute Gasteiger partial charge is 0.413 e. The summed E-state index contributed by atoms with van der Waals surface area (Å²) in [7, 11) is 1.20. The van der Waals surface area contributed by atoms with Gasteiger partial charge in [-0.3, -0.25) is 15.0 Å². The molecule has 35 heavy (non-hydrogen) atoms. The molecule has 180 valence electrons. The first kappa shape index (κ1) is 24.4. The summed E-state index contributed by atoms with van der Waals surface area (Å²) in [6.45, 7) is 0. The number of methoxy groups -OCH3 is 1. The molecule has 12 heteroatoms. The Balaban J connectivity index is 0.00000289. The lowest BCUT2D eigenvalue weighted by Crippen LogP contribution is -2.45. The van der Waals surface area contributed by atoms with E-state index in [1.807, 2.05) is 0 Å². The van der Waals surface area contributed by atoms with E-state index in [4.69, 9.17) is 11.6 Å². The first-order valence-corrected chi connectivity index (χ1v) is 10.3. The maximum atomic E-state index is 15.0. The number of hydrogen-bond acceptors (Lipinski definition) is 5. The van der Waals surface area contributed by atoms with Crippen LogP contribution in [0, 0.1) is 11.6 Å². The largest absolute Gasteiger partial charge is 0.453 e. The minimum atomic E-state index is -2.16. The van der Waals surface area contributed by atoms with Crippen molar-refractivity contribution in [2.45, 2.75) is 5.72 Å². The molecule has 8 nitrogen and oxygen atoms in total. The third kappa shape index (κ3) is 3.66. The molecule has 0 aliphatic carbocycles. The summed E-state index contributed by atoms with van der Waals surface area (Å²) in [5, 5.41) is 13.6. The van der Waals surface area contributed by atoms with Crippen LogP contribution in [-0.4, -0.2) is 34.2 Å². The standard InChI is InChI=1S/C23H15ClF2N4O4.ClH/c1-34-22(32)29-21-27-15-8-6-11(10-16(15)28-21)23(33)13-5-3-2-4-12(13)20(31)30(23)17-9-7-14(25)18(24)19(17)26;/h2-10,33H,1H3,(H2,27,28,29,32);1H. The Hall–Kier alpha value is -3.73. The molecule has 0 saturated carbocycles. The highest BCUT2D eigenvalue weighted by molar-refractivity contribution is 6.31. The van der Waals surface area contributed by atoms with Gasteiger partial charge in [0.15, 0.2) is 11.5 Å². The quantitative estimate of drug-likeness (QED) is 0.331. The van der Waals surface area contributed by atoms with Gasteiger partial charge >= 0.3 is 6.09 Å². The SMILES string of the molecule is COC(=O)Nc1nc2ccc(C3(O)c4ccccc4C(=O)N3c3ccc(F)c(Cl)c3F)cc2[nH]1.Cl. The summed E-state index contributed by atoms with van der Waals surface area (Å²) in [4.78, 5) is 32.8. The third-order valence-electron chi connectivity index (χ3n) is 5.61. The molecule has 3 N–H and O–H groups in total. The number of aliphatic hydroxyl groups is 1. The Kier molecular flexibility index (Phi) is 6.14. The number of fused-ring (bicyclic) bond motifs is 2. The summed E-state index contributed by atoms with van der Waals surface area (Å²) < 4.78 is 33.4. The Morgan fingerprint density at radius 3 is 2.69 bits per heavy atom. The molecule has 1 aliphatic heterocycles. The van der Waals surface area contributed by atoms with Crippen molar-refractivity contribution in [3.63, 3.8) is 0 Å². The summed E-state index contributed by atoms with van der Waals surface area (Å²) in [6, 6.07) is 12.8. The monoisotopic (exact) mass is 520 g/mol. The van der Waals surface area contributed by atoms with E-state index in [1.165, 1.54) is 31.4 Å². The molecule has 0 fully saturated rings. The number of anilines is 2. The van der Waals surface area contributed by atoms with Crippen molar-refractivity contribution in [2.24, 2.45) is 0 Å². The Morgan fingerprint density at radius 1 is 1.20 bits per heavy atom. The van der Waals surface area contributed by atoms with Gasteiger partial charge in [-0.05, 0) is 30.3 Å². The van der Waals surface area contributed by atoms with Crippen molar-refractivity contribution in [1.29, 1.82) is 0 Å². The number of carbonyl (C=O) groups excluding carboxylic acids is 2. The minimum Gasteiger partial charge on any atom is -0.453 e. The fourth-order valence-corrected chi connectivity index (χ4v) is 4.21. The van der Waals surface area contributed by atoms with E-state index in [2.05, 4.69) is 20.0 Å². The summed E-state index contributed by atoms with van der Waals surface area (Å²) in [6.07, 6.45) is -0.733. The number of H-pyrrole nitrogens is 1. The number of imidazole rings is 1. The first-order valence-electron chi connectivity index (χ1n) is 9.91. The Morgan fingerprint density at radius 2 is 1.94 bits per heavy atom. The zero-order chi connectivity index (χ0) is 24.2. The number of halogens is 4. The molecule has 4 aromatic rings.